The Morgan fingerprint density at radius 3 is 2.43 bits per heavy atom. The van der Waals surface area contributed by atoms with Gasteiger partial charge in [0.05, 0.1) is 0 Å². The van der Waals surface area contributed by atoms with Crippen molar-refractivity contribution in [3.05, 3.63) is 0 Å². The number of likely N-dealkylation sites (tertiary alicyclic amines) is 1. The van der Waals surface area contributed by atoms with E-state index in [1.54, 1.807) is 4.90 Å². The summed E-state index contributed by atoms with van der Waals surface area (Å²) < 4.78 is 9.66. The summed E-state index contributed by atoms with van der Waals surface area (Å²) in [5.74, 6) is 0. The Balaban J connectivity index is 2.04. The molecule has 0 radical (unpaired) electrons. The van der Waals surface area contributed by atoms with Gasteiger partial charge in [-0.1, -0.05) is 0 Å². The summed E-state index contributed by atoms with van der Waals surface area (Å²) in [6.45, 7) is 1.53. The minimum absolute atomic E-state index is 0.0621. The summed E-state index contributed by atoms with van der Waals surface area (Å²) in [5.41, 5.74) is 0. The van der Waals surface area contributed by atoms with Gasteiger partial charge >= 0.3 is 6.09 Å². The van der Waals surface area contributed by atoms with Crippen molar-refractivity contribution in [2.24, 2.45) is 0 Å². The van der Waals surface area contributed by atoms with Gasteiger partial charge in [-0.25, -0.2) is 4.79 Å². The van der Waals surface area contributed by atoms with E-state index >= 15 is 0 Å². The van der Waals surface area contributed by atoms with E-state index in [9.17, 15) is 4.79 Å². The quantitative estimate of drug-likeness (QED) is 0.369. The van der Waals surface area contributed by atoms with Crippen molar-refractivity contribution in [2.75, 3.05) is 33.9 Å². The van der Waals surface area contributed by atoms with Crippen LogP contribution in [0.4, 0.5) is 4.79 Å². The van der Waals surface area contributed by atoms with Crippen LogP contribution < -0.4 is 0 Å². The van der Waals surface area contributed by atoms with Crippen molar-refractivity contribution in [3.8, 4) is 0 Å². The van der Waals surface area contributed by atoms with Crippen LogP contribution in [-0.2, 0) is 19.2 Å². The molecule has 1 fully saturated rings. The molecule has 1 saturated heterocycles. The number of hydrogen-bond acceptors (Lipinski definition) is 5. The Kier molecular flexibility index (Phi) is 4.64. The molecular formula is C8H15NO5. The van der Waals surface area contributed by atoms with Gasteiger partial charge in [-0.05, 0) is 6.42 Å². The SMILES string of the molecule is COC(COOC(=O)N1CCC1)OC. The van der Waals surface area contributed by atoms with E-state index in [1.807, 2.05) is 0 Å². The minimum atomic E-state index is -0.515. The van der Waals surface area contributed by atoms with E-state index in [0.29, 0.717) is 0 Å². The molecule has 82 valence electrons. The molecule has 0 N–H and O–H groups in total. The van der Waals surface area contributed by atoms with Crippen molar-refractivity contribution >= 4 is 6.09 Å². The summed E-state index contributed by atoms with van der Waals surface area (Å²) in [6, 6.07) is 0. The highest BCUT2D eigenvalue weighted by Gasteiger charge is 2.22. The average Bonchev–Trinajstić information content (AvgIpc) is 2.09. The number of methoxy groups -OCH3 is 2. The number of hydrogen-bond donors (Lipinski definition) is 0. The van der Waals surface area contributed by atoms with Gasteiger partial charge in [0.15, 0.2) is 6.29 Å². The highest BCUT2D eigenvalue weighted by Crippen LogP contribution is 2.07. The second kappa shape index (κ2) is 5.79. The molecule has 0 aliphatic carbocycles. The maximum Gasteiger partial charge on any atom is 0.441 e. The van der Waals surface area contributed by atoms with Gasteiger partial charge in [0.25, 0.3) is 0 Å². The monoisotopic (exact) mass is 205 g/mol. The standard InChI is InChI=1S/C8H15NO5/c1-11-7(12-2)6-13-14-8(10)9-4-3-5-9/h7H,3-6H2,1-2H3. The van der Waals surface area contributed by atoms with Crippen molar-refractivity contribution < 1.29 is 24.0 Å². The third-order valence-electron chi connectivity index (χ3n) is 1.97. The Morgan fingerprint density at radius 2 is 2.00 bits per heavy atom. The molecule has 6 nitrogen and oxygen atoms in total. The molecule has 1 aliphatic rings. The van der Waals surface area contributed by atoms with Gasteiger partial charge in [0, 0.05) is 27.3 Å². The van der Waals surface area contributed by atoms with E-state index in [1.165, 1.54) is 14.2 Å². The molecule has 0 spiro atoms. The van der Waals surface area contributed by atoms with Gasteiger partial charge in [0.2, 0.25) is 0 Å². The number of rotatable bonds is 5. The largest absolute Gasteiger partial charge is 0.441 e. The molecule has 1 rings (SSSR count). The Morgan fingerprint density at radius 1 is 1.36 bits per heavy atom. The van der Waals surface area contributed by atoms with E-state index in [4.69, 9.17) is 9.47 Å². The lowest BCUT2D eigenvalue weighted by molar-refractivity contribution is -0.287. The number of ether oxygens (including phenoxy) is 2. The van der Waals surface area contributed by atoms with Gasteiger partial charge in [-0.15, -0.1) is 0 Å². The Labute approximate surface area is 82.6 Å². The molecular weight excluding hydrogens is 190 g/mol. The fourth-order valence-corrected chi connectivity index (χ4v) is 0.924. The van der Waals surface area contributed by atoms with Gasteiger partial charge in [-0.3, -0.25) is 4.89 Å². The normalized spacial score (nSPS) is 15.5. The number of carbonyl (C=O) groups excluding carboxylic acids is 1. The summed E-state index contributed by atoms with van der Waals surface area (Å²) in [6.07, 6.45) is 0.0508. The fourth-order valence-electron chi connectivity index (χ4n) is 0.924. The van der Waals surface area contributed by atoms with Crippen molar-refractivity contribution in [3.63, 3.8) is 0 Å². The molecule has 0 aromatic heterocycles. The molecule has 0 bridgehead atoms. The summed E-state index contributed by atoms with van der Waals surface area (Å²) in [7, 11) is 2.96. The van der Waals surface area contributed by atoms with Crippen LogP contribution in [0, 0.1) is 0 Å². The maximum atomic E-state index is 11.1. The molecule has 0 aromatic carbocycles. The number of carbonyl (C=O) groups is 1. The smallest absolute Gasteiger partial charge is 0.353 e. The molecule has 0 unspecified atom stereocenters. The first-order chi connectivity index (χ1) is 6.77. The molecule has 0 aromatic rings. The summed E-state index contributed by atoms with van der Waals surface area (Å²) >= 11 is 0. The van der Waals surface area contributed by atoms with Crippen LogP contribution in [0.15, 0.2) is 0 Å². The van der Waals surface area contributed by atoms with Crippen LogP contribution in [0.25, 0.3) is 0 Å². The zero-order valence-electron chi connectivity index (χ0n) is 8.39. The van der Waals surface area contributed by atoms with E-state index < -0.39 is 12.4 Å². The molecule has 1 amide bonds. The van der Waals surface area contributed by atoms with Crippen molar-refractivity contribution in [1.82, 2.24) is 4.90 Å². The van der Waals surface area contributed by atoms with E-state index in [0.717, 1.165) is 19.5 Å². The van der Waals surface area contributed by atoms with E-state index in [2.05, 4.69) is 9.78 Å². The molecule has 1 aliphatic heterocycles. The fraction of sp³-hybridized carbons (Fsp3) is 0.875. The van der Waals surface area contributed by atoms with Crippen LogP contribution in [0.1, 0.15) is 6.42 Å². The lowest BCUT2D eigenvalue weighted by Gasteiger charge is -2.28. The van der Waals surface area contributed by atoms with Crippen LogP contribution in [0.2, 0.25) is 0 Å². The molecule has 0 atom stereocenters. The molecule has 6 heteroatoms. The van der Waals surface area contributed by atoms with Gasteiger partial charge in [0.1, 0.15) is 6.61 Å². The number of nitrogens with zero attached hydrogens (tertiary/aromatic N) is 1. The van der Waals surface area contributed by atoms with Crippen molar-refractivity contribution in [1.29, 1.82) is 0 Å². The zero-order chi connectivity index (χ0) is 10.4. The van der Waals surface area contributed by atoms with E-state index in [-0.39, 0.29) is 6.61 Å². The highest BCUT2D eigenvalue weighted by molar-refractivity contribution is 5.67. The van der Waals surface area contributed by atoms with Crippen LogP contribution >= 0.6 is 0 Å². The van der Waals surface area contributed by atoms with Gasteiger partial charge in [-0.2, -0.15) is 4.89 Å². The first kappa shape index (κ1) is 11.2. The third kappa shape index (κ3) is 3.13. The highest BCUT2D eigenvalue weighted by atomic mass is 17.2. The summed E-state index contributed by atoms with van der Waals surface area (Å²) in [5, 5.41) is 0. The molecule has 1 heterocycles. The third-order valence-corrected chi connectivity index (χ3v) is 1.97. The maximum absolute atomic E-state index is 11.1. The second-order valence-electron chi connectivity index (χ2n) is 2.88. The van der Waals surface area contributed by atoms with Crippen LogP contribution in [0.3, 0.4) is 0 Å². The molecule has 0 saturated carbocycles. The first-order valence-electron chi connectivity index (χ1n) is 4.42. The molecule has 14 heavy (non-hydrogen) atoms. The predicted molar refractivity (Wildman–Crippen MR) is 46.4 cm³/mol. The average molecular weight is 205 g/mol. The summed E-state index contributed by atoms with van der Waals surface area (Å²) in [4.78, 5) is 21.8. The lowest BCUT2D eigenvalue weighted by atomic mass is 10.2. The number of amides is 1. The lowest BCUT2D eigenvalue weighted by Crippen LogP contribution is -2.42. The Bertz CT molecular complexity index is 179. The van der Waals surface area contributed by atoms with Crippen LogP contribution in [-0.4, -0.2) is 51.2 Å². The minimum Gasteiger partial charge on any atom is -0.353 e. The zero-order valence-corrected chi connectivity index (χ0v) is 8.39. The predicted octanol–water partition coefficient (Wildman–Crippen LogP) is 0.379. The Hall–Kier alpha value is -0.850. The topological polar surface area (TPSA) is 57.2 Å². The van der Waals surface area contributed by atoms with Gasteiger partial charge < -0.3 is 14.4 Å². The van der Waals surface area contributed by atoms with Crippen LogP contribution in [0.5, 0.6) is 0 Å². The second-order valence-corrected chi connectivity index (χ2v) is 2.88. The first-order valence-corrected chi connectivity index (χ1v) is 4.42. The van der Waals surface area contributed by atoms with Crippen molar-refractivity contribution in [2.45, 2.75) is 12.7 Å².